The Morgan fingerprint density at radius 3 is 2.03 bits per heavy atom. The fraction of sp³-hybridized carbons (Fsp3) is 0.690. The number of carbonyl (C=O) groups excluding carboxylic acids is 3. The lowest BCUT2D eigenvalue weighted by Crippen LogP contribution is -2.53. The predicted molar refractivity (Wildman–Crippen MR) is 143 cm³/mol. The molecule has 9 nitrogen and oxygen atoms in total. The Labute approximate surface area is 227 Å². The molecule has 4 unspecified atom stereocenters. The van der Waals surface area contributed by atoms with E-state index in [-0.39, 0.29) is 12.3 Å². The van der Waals surface area contributed by atoms with Crippen LogP contribution in [0.4, 0.5) is 9.59 Å². The summed E-state index contributed by atoms with van der Waals surface area (Å²) in [6.45, 7) is 16.4. The molecule has 0 saturated carbocycles. The van der Waals surface area contributed by atoms with Crippen molar-refractivity contribution in [2.75, 3.05) is 6.61 Å². The lowest BCUT2D eigenvalue weighted by atomic mass is 10.0. The summed E-state index contributed by atoms with van der Waals surface area (Å²) in [4.78, 5) is 40.6. The summed E-state index contributed by atoms with van der Waals surface area (Å²) in [6, 6.07) is 8.15. The van der Waals surface area contributed by atoms with Crippen LogP contribution < -0.4 is 4.74 Å². The normalized spacial score (nSPS) is 22.9. The van der Waals surface area contributed by atoms with E-state index in [1.54, 1.807) is 48.5 Å². The Morgan fingerprint density at radius 2 is 1.53 bits per heavy atom. The molecule has 2 amide bonds. The zero-order valence-corrected chi connectivity index (χ0v) is 24.3. The number of para-hydroxylation sites is 1. The Kier molecular flexibility index (Phi) is 11.0. The molecule has 1 aromatic carbocycles. The number of esters is 1. The van der Waals surface area contributed by atoms with Gasteiger partial charge >= 0.3 is 18.2 Å². The number of hydrogen-bond acceptors (Lipinski definition) is 8. The van der Waals surface area contributed by atoms with Gasteiger partial charge in [0.05, 0.1) is 0 Å². The second kappa shape index (κ2) is 13.3. The van der Waals surface area contributed by atoms with Gasteiger partial charge in [0.15, 0.2) is 0 Å². The summed E-state index contributed by atoms with van der Waals surface area (Å²) in [5.74, 6) is 0.201. The van der Waals surface area contributed by atoms with Gasteiger partial charge in [0, 0.05) is 6.61 Å². The van der Waals surface area contributed by atoms with Crippen LogP contribution in [0.5, 0.6) is 5.75 Å². The molecule has 4 atom stereocenters. The van der Waals surface area contributed by atoms with Crippen LogP contribution in [0.2, 0.25) is 0 Å². The van der Waals surface area contributed by atoms with E-state index >= 15 is 0 Å². The molecule has 1 aliphatic heterocycles. The van der Waals surface area contributed by atoms with Gasteiger partial charge in [-0.2, -0.15) is 4.90 Å². The standard InChI is InChI=1S/C29H45NO8/c1-19(2)18-34-24-20(3)35-25(31)22(16-13-17-23(24)36-21-14-11-10-12-15-21)30(26(32)37-28(4,5)6)27(33)38-29(7,8)9/h10-12,14-15,19-20,22-24H,13,16-18H2,1-9H3. The quantitative estimate of drug-likeness (QED) is 0.317. The highest BCUT2D eigenvalue weighted by atomic mass is 16.6. The highest BCUT2D eigenvalue weighted by molar-refractivity contribution is 5.94. The lowest BCUT2D eigenvalue weighted by molar-refractivity contribution is -0.166. The van der Waals surface area contributed by atoms with E-state index in [1.165, 1.54) is 0 Å². The molecule has 0 bridgehead atoms. The van der Waals surface area contributed by atoms with Crippen LogP contribution in [0.15, 0.2) is 30.3 Å². The SMILES string of the molecule is CC(C)COC1C(C)OC(=O)C(N(C(=O)OC(C)(C)C)C(=O)OC(C)(C)C)CCCC1Oc1ccccc1. The second-order valence-electron chi connectivity index (χ2n) is 12.1. The molecule has 0 radical (unpaired) electrons. The van der Waals surface area contributed by atoms with Crippen molar-refractivity contribution in [3.8, 4) is 5.75 Å². The number of rotatable bonds is 6. The van der Waals surface area contributed by atoms with Gasteiger partial charge in [0.1, 0.15) is 41.3 Å². The predicted octanol–water partition coefficient (Wildman–Crippen LogP) is 6.13. The van der Waals surface area contributed by atoms with Crippen LogP contribution in [0.25, 0.3) is 0 Å². The molecule has 214 valence electrons. The number of hydrogen-bond donors (Lipinski definition) is 0. The van der Waals surface area contributed by atoms with Crippen molar-refractivity contribution in [3.05, 3.63) is 30.3 Å². The molecule has 0 N–H and O–H groups in total. The maximum Gasteiger partial charge on any atom is 0.420 e. The molecule has 0 spiro atoms. The molecule has 1 aromatic rings. The van der Waals surface area contributed by atoms with Crippen LogP contribution in [-0.4, -0.2) is 65.2 Å². The monoisotopic (exact) mass is 535 g/mol. The van der Waals surface area contributed by atoms with Gasteiger partial charge in [-0.15, -0.1) is 0 Å². The summed E-state index contributed by atoms with van der Waals surface area (Å²) in [5, 5.41) is 0. The van der Waals surface area contributed by atoms with Crippen molar-refractivity contribution in [3.63, 3.8) is 0 Å². The third-order valence-corrected chi connectivity index (χ3v) is 5.51. The van der Waals surface area contributed by atoms with E-state index in [4.69, 9.17) is 23.7 Å². The van der Waals surface area contributed by atoms with E-state index in [1.807, 2.05) is 44.2 Å². The van der Waals surface area contributed by atoms with Crippen LogP contribution in [0, 0.1) is 5.92 Å². The summed E-state index contributed by atoms with van der Waals surface area (Å²) in [5.41, 5.74) is -1.78. The Bertz CT molecular complexity index is 891. The van der Waals surface area contributed by atoms with Crippen LogP contribution in [0.3, 0.4) is 0 Å². The number of carbonyl (C=O) groups is 3. The van der Waals surface area contributed by atoms with E-state index in [0.717, 1.165) is 4.90 Å². The minimum Gasteiger partial charge on any atom is -0.488 e. The number of cyclic esters (lactones) is 1. The number of ether oxygens (including phenoxy) is 5. The fourth-order valence-electron chi connectivity index (χ4n) is 3.96. The highest BCUT2D eigenvalue weighted by Crippen LogP contribution is 2.27. The molecular formula is C29H45NO8. The molecule has 0 aliphatic carbocycles. The number of nitrogens with zero attached hydrogens (tertiary/aromatic N) is 1. The molecule has 1 heterocycles. The van der Waals surface area contributed by atoms with Crippen LogP contribution in [0.1, 0.15) is 81.6 Å². The first-order valence-corrected chi connectivity index (χ1v) is 13.4. The number of benzene rings is 1. The van der Waals surface area contributed by atoms with Crippen molar-refractivity contribution in [2.45, 2.75) is 117 Å². The third-order valence-electron chi connectivity index (χ3n) is 5.51. The third kappa shape index (κ3) is 10.2. The average Bonchev–Trinajstić information content (AvgIpc) is 2.80. The molecular weight excluding hydrogens is 490 g/mol. The molecule has 1 saturated heterocycles. The summed E-state index contributed by atoms with van der Waals surface area (Å²) < 4.78 is 29.3. The van der Waals surface area contributed by atoms with Crippen molar-refractivity contribution in [2.24, 2.45) is 5.92 Å². The zero-order valence-electron chi connectivity index (χ0n) is 24.3. The molecule has 38 heavy (non-hydrogen) atoms. The van der Waals surface area contributed by atoms with Crippen molar-refractivity contribution < 1.29 is 38.1 Å². The van der Waals surface area contributed by atoms with Crippen LogP contribution in [-0.2, 0) is 23.7 Å². The molecule has 2 rings (SSSR count). The fourth-order valence-corrected chi connectivity index (χ4v) is 3.96. The average molecular weight is 536 g/mol. The second-order valence-corrected chi connectivity index (χ2v) is 12.1. The lowest BCUT2D eigenvalue weighted by Gasteiger charge is -2.33. The largest absolute Gasteiger partial charge is 0.488 e. The van der Waals surface area contributed by atoms with E-state index < -0.39 is 53.7 Å². The Balaban J connectivity index is 2.39. The summed E-state index contributed by atoms with van der Waals surface area (Å²) >= 11 is 0. The van der Waals surface area contributed by atoms with Gasteiger partial charge in [-0.3, -0.25) is 0 Å². The Morgan fingerprint density at radius 1 is 0.974 bits per heavy atom. The first-order valence-electron chi connectivity index (χ1n) is 13.4. The molecule has 0 aromatic heterocycles. The number of amides is 2. The minimum atomic E-state index is -1.23. The van der Waals surface area contributed by atoms with Gasteiger partial charge in [-0.25, -0.2) is 14.4 Å². The number of imide groups is 1. The molecule has 9 heteroatoms. The zero-order chi connectivity index (χ0) is 28.7. The summed E-state index contributed by atoms with van der Waals surface area (Å²) in [6.07, 6.45) is -2.52. The first-order chi connectivity index (χ1) is 17.6. The minimum absolute atomic E-state index is 0.148. The van der Waals surface area contributed by atoms with Gasteiger partial charge < -0.3 is 23.7 Å². The van der Waals surface area contributed by atoms with Crippen molar-refractivity contribution in [1.29, 1.82) is 0 Å². The van der Waals surface area contributed by atoms with E-state index in [0.29, 0.717) is 25.2 Å². The smallest absolute Gasteiger partial charge is 0.420 e. The van der Waals surface area contributed by atoms with Crippen LogP contribution >= 0.6 is 0 Å². The van der Waals surface area contributed by atoms with Gasteiger partial charge in [-0.1, -0.05) is 32.0 Å². The van der Waals surface area contributed by atoms with Crippen molar-refractivity contribution >= 4 is 18.2 Å². The van der Waals surface area contributed by atoms with E-state index in [2.05, 4.69) is 0 Å². The maximum absolute atomic E-state index is 13.5. The molecule has 1 fully saturated rings. The van der Waals surface area contributed by atoms with Gasteiger partial charge in [0.25, 0.3) is 0 Å². The van der Waals surface area contributed by atoms with Gasteiger partial charge in [-0.05, 0) is 85.8 Å². The van der Waals surface area contributed by atoms with Crippen molar-refractivity contribution in [1.82, 2.24) is 4.90 Å². The first kappa shape index (κ1) is 31.4. The van der Waals surface area contributed by atoms with E-state index in [9.17, 15) is 14.4 Å². The molecule has 1 aliphatic rings. The van der Waals surface area contributed by atoms with Gasteiger partial charge in [0.2, 0.25) is 0 Å². The summed E-state index contributed by atoms with van der Waals surface area (Å²) in [7, 11) is 0. The highest BCUT2D eigenvalue weighted by Gasteiger charge is 2.44. The Hall–Kier alpha value is -2.81. The topological polar surface area (TPSA) is 101 Å². The maximum atomic E-state index is 13.5.